The zero-order chi connectivity index (χ0) is 18.6. The molecule has 2 aromatic carbocycles. The Morgan fingerprint density at radius 1 is 0.923 bits per heavy atom. The van der Waals surface area contributed by atoms with Gasteiger partial charge in [0.05, 0.1) is 6.61 Å². The van der Waals surface area contributed by atoms with Crippen molar-refractivity contribution in [1.82, 2.24) is 10.6 Å². The summed E-state index contributed by atoms with van der Waals surface area (Å²) >= 11 is 0. The van der Waals surface area contributed by atoms with E-state index >= 15 is 0 Å². The van der Waals surface area contributed by atoms with Gasteiger partial charge in [-0.1, -0.05) is 62.4 Å². The van der Waals surface area contributed by atoms with Gasteiger partial charge in [0.2, 0.25) is 0 Å². The lowest BCUT2D eigenvalue weighted by atomic mass is 9.97. The van der Waals surface area contributed by atoms with Crippen LogP contribution in [0.4, 0.5) is 0 Å². The van der Waals surface area contributed by atoms with Gasteiger partial charge >= 0.3 is 0 Å². The second-order valence-corrected chi connectivity index (χ2v) is 7.09. The summed E-state index contributed by atoms with van der Waals surface area (Å²) in [5.41, 5.74) is 5.29. The fourth-order valence-corrected chi connectivity index (χ4v) is 2.94. The molecule has 0 amide bonds. The van der Waals surface area contributed by atoms with Crippen LogP contribution < -0.4 is 10.6 Å². The lowest BCUT2D eigenvalue weighted by molar-refractivity contribution is 0.149. The number of nitrogens with one attached hydrogen (secondary N) is 2. The molecule has 142 valence electrons. The van der Waals surface area contributed by atoms with Crippen LogP contribution in [-0.2, 0) is 17.8 Å². The standard InChI is InChI=1S/C23H34N2O/c1-4-26-15-14-25-17-20-10-11-23(21-8-6-5-7-9-21)22(16-20)18-24-13-12-19(2)3/h5-11,16,19,24-25H,4,12-15,17-18H2,1-3H3. The van der Waals surface area contributed by atoms with Crippen LogP contribution in [0.2, 0.25) is 0 Å². The van der Waals surface area contributed by atoms with E-state index in [2.05, 4.69) is 73.0 Å². The van der Waals surface area contributed by atoms with Gasteiger partial charge in [-0.25, -0.2) is 0 Å². The van der Waals surface area contributed by atoms with Gasteiger partial charge in [0.1, 0.15) is 0 Å². The molecule has 0 aromatic heterocycles. The first-order chi connectivity index (χ1) is 12.7. The largest absolute Gasteiger partial charge is 0.380 e. The van der Waals surface area contributed by atoms with Gasteiger partial charge in [0.15, 0.2) is 0 Å². The van der Waals surface area contributed by atoms with E-state index < -0.39 is 0 Å². The minimum absolute atomic E-state index is 0.733. The molecule has 0 bridgehead atoms. The van der Waals surface area contributed by atoms with Crippen molar-refractivity contribution >= 4 is 0 Å². The Labute approximate surface area is 159 Å². The van der Waals surface area contributed by atoms with E-state index in [0.29, 0.717) is 0 Å². The summed E-state index contributed by atoms with van der Waals surface area (Å²) in [7, 11) is 0. The molecule has 2 rings (SSSR count). The predicted octanol–water partition coefficient (Wildman–Crippen LogP) is 4.62. The number of benzene rings is 2. The molecule has 3 nitrogen and oxygen atoms in total. The Bertz CT molecular complexity index is 625. The summed E-state index contributed by atoms with van der Waals surface area (Å²) in [5.74, 6) is 0.733. The Kier molecular flexibility index (Phi) is 9.40. The highest BCUT2D eigenvalue weighted by atomic mass is 16.5. The third-order valence-electron chi connectivity index (χ3n) is 4.42. The summed E-state index contributed by atoms with van der Waals surface area (Å²) in [5, 5.41) is 7.07. The zero-order valence-corrected chi connectivity index (χ0v) is 16.6. The average Bonchev–Trinajstić information content (AvgIpc) is 2.66. The Balaban J connectivity index is 2.04. The summed E-state index contributed by atoms with van der Waals surface area (Å²) < 4.78 is 5.38. The van der Waals surface area contributed by atoms with E-state index in [1.165, 1.54) is 28.7 Å². The molecule has 0 spiro atoms. The molecule has 0 aliphatic heterocycles. The van der Waals surface area contributed by atoms with Crippen molar-refractivity contribution in [3.05, 3.63) is 59.7 Å². The molecule has 2 N–H and O–H groups in total. The quantitative estimate of drug-likeness (QED) is 0.546. The summed E-state index contributed by atoms with van der Waals surface area (Å²) in [6.45, 7) is 11.8. The minimum atomic E-state index is 0.733. The molecule has 26 heavy (non-hydrogen) atoms. The molecule has 0 radical (unpaired) electrons. The predicted molar refractivity (Wildman–Crippen MR) is 111 cm³/mol. The highest BCUT2D eigenvalue weighted by Crippen LogP contribution is 2.25. The van der Waals surface area contributed by atoms with Gasteiger partial charge in [-0.2, -0.15) is 0 Å². The third kappa shape index (κ3) is 7.28. The van der Waals surface area contributed by atoms with Gasteiger partial charge in [-0.3, -0.25) is 0 Å². The molecule has 0 heterocycles. The molecular formula is C23H34N2O. The van der Waals surface area contributed by atoms with Crippen LogP contribution in [0.5, 0.6) is 0 Å². The summed E-state index contributed by atoms with van der Waals surface area (Å²) in [6, 6.07) is 17.5. The smallest absolute Gasteiger partial charge is 0.0590 e. The minimum Gasteiger partial charge on any atom is -0.380 e. The maximum Gasteiger partial charge on any atom is 0.0590 e. The monoisotopic (exact) mass is 354 g/mol. The molecular weight excluding hydrogens is 320 g/mol. The van der Waals surface area contributed by atoms with E-state index in [1.54, 1.807) is 0 Å². The van der Waals surface area contributed by atoms with Crippen molar-refractivity contribution in [1.29, 1.82) is 0 Å². The van der Waals surface area contributed by atoms with Crippen molar-refractivity contribution in [2.24, 2.45) is 5.92 Å². The first-order valence-corrected chi connectivity index (χ1v) is 9.87. The molecule has 0 unspecified atom stereocenters. The Morgan fingerprint density at radius 2 is 1.69 bits per heavy atom. The van der Waals surface area contributed by atoms with Crippen molar-refractivity contribution in [2.75, 3.05) is 26.3 Å². The number of ether oxygens (including phenoxy) is 1. The zero-order valence-electron chi connectivity index (χ0n) is 16.6. The van der Waals surface area contributed by atoms with Crippen LogP contribution in [0, 0.1) is 5.92 Å². The fourth-order valence-electron chi connectivity index (χ4n) is 2.94. The molecule has 2 aromatic rings. The van der Waals surface area contributed by atoms with E-state index in [4.69, 9.17) is 4.74 Å². The van der Waals surface area contributed by atoms with Crippen molar-refractivity contribution < 1.29 is 4.74 Å². The van der Waals surface area contributed by atoms with Crippen LogP contribution in [0.3, 0.4) is 0 Å². The van der Waals surface area contributed by atoms with Gasteiger partial charge in [0, 0.05) is 26.2 Å². The molecule has 0 atom stereocenters. The number of rotatable bonds is 12. The fraction of sp³-hybridized carbons (Fsp3) is 0.478. The second-order valence-electron chi connectivity index (χ2n) is 7.09. The first-order valence-electron chi connectivity index (χ1n) is 9.87. The molecule has 0 aliphatic carbocycles. The van der Waals surface area contributed by atoms with Crippen LogP contribution in [-0.4, -0.2) is 26.3 Å². The Morgan fingerprint density at radius 3 is 2.42 bits per heavy atom. The maximum absolute atomic E-state index is 5.38. The van der Waals surface area contributed by atoms with E-state index in [0.717, 1.165) is 45.3 Å². The van der Waals surface area contributed by atoms with Crippen LogP contribution >= 0.6 is 0 Å². The number of hydrogen-bond donors (Lipinski definition) is 2. The maximum atomic E-state index is 5.38. The topological polar surface area (TPSA) is 33.3 Å². The third-order valence-corrected chi connectivity index (χ3v) is 4.42. The summed E-state index contributed by atoms with van der Waals surface area (Å²) in [4.78, 5) is 0. The first kappa shape index (κ1) is 20.6. The van der Waals surface area contributed by atoms with Crippen molar-refractivity contribution in [3.63, 3.8) is 0 Å². The average molecular weight is 355 g/mol. The number of hydrogen-bond acceptors (Lipinski definition) is 3. The SMILES string of the molecule is CCOCCNCc1ccc(-c2ccccc2)c(CNCCC(C)C)c1. The highest BCUT2D eigenvalue weighted by molar-refractivity contribution is 5.67. The molecule has 0 saturated carbocycles. The summed E-state index contributed by atoms with van der Waals surface area (Å²) in [6.07, 6.45) is 1.21. The second kappa shape index (κ2) is 11.8. The lowest BCUT2D eigenvalue weighted by Crippen LogP contribution is -2.20. The van der Waals surface area contributed by atoms with Crippen LogP contribution in [0.25, 0.3) is 11.1 Å². The normalized spacial score (nSPS) is 11.2. The van der Waals surface area contributed by atoms with Gasteiger partial charge in [-0.15, -0.1) is 0 Å². The van der Waals surface area contributed by atoms with Crippen molar-refractivity contribution in [2.45, 2.75) is 40.3 Å². The van der Waals surface area contributed by atoms with Crippen LogP contribution in [0.1, 0.15) is 38.3 Å². The van der Waals surface area contributed by atoms with Crippen molar-refractivity contribution in [3.8, 4) is 11.1 Å². The van der Waals surface area contributed by atoms with E-state index in [-0.39, 0.29) is 0 Å². The van der Waals surface area contributed by atoms with E-state index in [1.807, 2.05) is 6.92 Å². The Hall–Kier alpha value is -1.68. The van der Waals surface area contributed by atoms with Gasteiger partial charge < -0.3 is 15.4 Å². The molecule has 0 saturated heterocycles. The van der Waals surface area contributed by atoms with E-state index in [9.17, 15) is 0 Å². The van der Waals surface area contributed by atoms with Gasteiger partial charge in [-0.05, 0) is 48.1 Å². The highest BCUT2D eigenvalue weighted by Gasteiger charge is 2.07. The molecule has 3 heteroatoms. The van der Waals surface area contributed by atoms with Gasteiger partial charge in [0.25, 0.3) is 0 Å². The molecule has 0 fully saturated rings. The van der Waals surface area contributed by atoms with Crippen LogP contribution in [0.15, 0.2) is 48.5 Å². The lowest BCUT2D eigenvalue weighted by Gasteiger charge is -2.14. The molecule has 0 aliphatic rings.